The molecule has 2 aliphatic carbocycles. The predicted molar refractivity (Wildman–Crippen MR) is 58.1 cm³/mol. The molecule has 0 aromatic heterocycles. The first-order chi connectivity index (χ1) is 6.77. The van der Waals surface area contributed by atoms with Crippen molar-refractivity contribution in [3.05, 3.63) is 0 Å². The minimum atomic E-state index is 0.455. The van der Waals surface area contributed by atoms with E-state index in [0.717, 1.165) is 24.7 Å². The van der Waals surface area contributed by atoms with Gasteiger partial charge in [0, 0.05) is 12.3 Å². The van der Waals surface area contributed by atoms with E-state index in [1.165, 1.54) is 38.5 Å². The summed E-state index contributed by atoms with van der Waals surface area (Å²) in [6, 6.07) is 0. The van der Waals surface area contributed by atoms with E-state index in [0.29, 0.717) is 11.7 Å². The standard InChI is InChI=1S/C13H22O/c1-10-6-8-11(9-7-10)12-4-2-3-5-13(12)14/h10-12H,2-9H2,1H3. The Morgan fingerprint density at radius 2 is 1.71 bits per heavy atom. The van der Waals surface area contributed by atoms with Crippen LogP contribution in [-0.4, -0.2) is 5.78 Å². The lowest BCUT2D eigenvalue weighted by molar-refractivity contribution is -0.127. The highest BCUT2D eigenvalue weighted by Crippen LogP contribution is 2.38. The third kappa shape index (κ3) is 2.18. The van der Waals surface area contributed by atoms with Gasteiger partial charge in [-0.05, 0) is 37.5 Å². The Bertz CT molecular complexity index is 201. The van der Waals surface area contributed by atoms with Gasteiger partial charge in [0.15, 0.2) is 0 Å². The second-order valence-corrected chi connectivity index (χ2v) is 5.34. The van der Waals surface area contributed by atoms with E-state index < -0.39 is 0 Å². The highest BCUT2D eigenvalue weighted by molar-refractivity contribution is 5.81. The van der Waals surface area contributed by atoms with Gasteiger partial charge in [-0.1, -0.05) is 26.2 Å². The molecular formula is C13H22O. The number of carbonyl (C=O) groups excluding carboxylic acids is 1. The van der Waals surface area contributed by atoms with Gasteiger partial charge >= 0.3 is 0 Å². The zero-order valence-electron chi connectivity index (χ0n) is 9.30. The van der Waals surface area contributed by atoms with Crippen LogP contribution >= 0.6 is 0 Å². The number of hydrogen-bond donors (Lipinski definition) is 0. The van der Waals surface area contributed by atoms with Crippen molar-refractivity contribution in [3.63, 3.8) is 0 Å². The van der Waals surface area contributed by atoms with E-state index in [1.54, 1.807) is 0 Å². The normalized spacial score (nSPS) is 39.8. The third-order valence-electron chi connectivity index (χ3n) is 4.23. The van der Waals surface area contributed by atoms with Crippen molar-refractivity contribution in [3.8, 4) is 0 Å². The fourth-order valence-electron chi connectivity index (χ4n) is 3.20. The van der Waals surface area contributed by atoms with Crippen LogP contribution < -0.4 is 0 Å². The molecule has 1 heteroatoms. The monoisotopic (exact) mass is 194 g/mol. The van der Waals surface area contributed by atoms with Gasteiger partial charge in [0.1, 0.15) is 5.78 Å². The van der Waals surface area contributed by atoms with Crippen LogP contribution in [0.3, 0.4) is 0 Å². The molecular weight excluding hydrogens is 172 g/mol. The highest BCUT2D eigenvalue weighted by Gasteiger charge is 2.31. The number of ketones is 1. The average molecular weight is 194 g/mol. The van der Waals surface area contributed by atoms with Crippen LogP contribution in [0.2, 0.25) is 0 Å². The van der Waals surface area contributed by atoms with Crippen LogP contribution in [0.4, 0.5) is 0 Å². The summed E-state index contributed by atoms with van der Waals surface area (Å²) in [5, 5.41) is 0. The lowest BCUT2D eigenvalue weighted by Gasteiger charge is -2.33. The first-order valence-corrected chi connectivity index (χ1v) is 6.30. The summed E-state index contributed by atoms with van der Waals surface area (Å²) in [5.74, 6) is 2.69. The van der Waals surface area contributed by atoms with Gasteiger partial charge in [-0.15, -0.1) is 0 Å². The first kappa shape index (κ1) is 10.2. The Labute approximate surface area is 87.3 Å². The number of carbonyl (C=O) groups is 1. The largest absolute Gasteiger partial charge is 0.299 e. The van der Waals surface area contributed by atoms with Gasteiger partial charge in [0.25, 0.3) is 0 Å². The molecule has 0 bridgehead atoms. The molecule has 0 amide bonds. The molecule has 0 aromatic rings. The van der Waals surface area contributed by atoms with E-state index in [-0.39, 0.29) is 0 Å². The van der Waals surface area contributed by atoms with Crippen molar-refractivity contribution in [1.29, 1.82) is 0 Å². The second kappa shape index (κ2) is 4.46. The zero-order chi connectivity index (χ0) is 9.97. The SMILES string of the molecule is CC1CCC(C2CCCCC2=O)CC1. The van der Waals surface area contributed by atoms with E-state index in [1.807, 2.05) is 0 Å². The molecule has 0 heterocycles. The Hall–Kier alpha value is -0.330. The second-order valence-electron chi connectivity index (χ2n) is 5.34. The van der Waals surface area contributed by atoms with Crippen LogP contribution in [0.15, 0.2) is 0 Å². The number of rotatable bonds is 1. The fourth-order valence-corrected chi connectivity index (χ4v) is 3.20. The molecule has 14 heavy (non-hydrogen) atoms. The lowest BCUT2D eigenvalue weighted by Crippen LogP contribution is -2.29. The maximum absolute atomic E-state index is 11.8. The van der Waals surface area contributed by atoms with E-state index in [2.05, 4.69) is 6.92 Å². The maximum atomic E-state index is 11.8. The number of Topliss-reactive ketones (excluding diaryl/α,β-unsaturated/α-hetero) is 1. The van der Waals surface area contributed by atoms with Crippen molar-refractivity contribution in [1.82, 2.24) is 0 Å². The zero-order valence-corrected chi connectivity index (χ0v) is 9.30. The molecule has 1 atom stereocenters. The molecule has 0 spiro atoms. The minimum absolute atomic E-state index is 0.455. The van der Waals surface area contributed by atoms with Gasteiger partial charge in [-0.25, -0.2) is 0 Å². The van der Waals surface area contributed by atoms with Crippen LogP contribution in [0.25, 0.3) is 0 Å². The topological polar surface area (TPSA) is 17.1 Å². The quantitative estimate of drug-likeness (QED) is 0.623. The smallest absolute Gasteiger partial charge is 0.136 e. The Morgan fingerprint density at radius 1 is 1.00 bits per heavy atom. The minimum Gasteiger partial charge on any atom is -0.299 e. The number of hydrogen-bond acceptors (Lipinski definition) is 1. The van der Waals surface area contributed by atoms with Crippen molar-refractivity contribution < 1.29 is 4.79 Å². The van der Waals surface area contributed by atoms with Crippen LogP contribution in [-0.2, 0) is 4.79 Å². The Kier molecular flexibility index (Phi) is 3.25. The predicted octanol–water partition coefficient (Wildman–Crippen LogP) is 3.57. The molecule has 2 saturated carbocycles. The summed E-state index contributed by atoms with van der Waals surface area (Å²) in [5.41, 5.74) is 0. The summed E-state index contributed by atoms with van der Waals surface area (Å²) >= 11 is 0. The fraction of sp³-hybridized carbons (Fsp3) is 0.923. The van der Waals surface area contributed by atoms with Crippen molar-refractivity contribution in [2.45, 2.75) is 58.3 Å². The van der Waals surface area contributed by atoms with Crippen LogP contribution in [0.1, 0.15) is 58.3 Å². The molecule has 0 aromatic carbocycles. The maximum Gasteiger partial charge on any atom is 0.136 e. The molecule has 1 unspecified atom stereocenters. The molecule has 2 rings (SSSR count). The molecule has 0 aliphatic heterocycles. The van der Waals surface area contributed by atoms with Gasteiger partial charge in [-0.3, -0.25) is 4.79 Å². The summed E-state index contributed by atoms with van der Waals surface area (Å²) in [6.07, 6.45) is 9.85. The summed E-state index contributed by atoms with van der Waals surface area (Å²) < 4.78 is 0. The molecule has 0 N–H and O–H groups in total. The van der Waals surface area contributed by atoms with Gasteiger partial charge in [-0.2, -0.15) is 0 Å². The molecule has 2 aliphatic rings. The van der Waals surface area contributed by atoms with E-state index >= 15 is 0 Å². The van der Waals surface area contributed by atoms with Gasteiger partial charge in [0.2, 0.25) is 0 Å². The van der Waals surface area contributed by atoms with Gasteiger partial charge in [0.05, 0.1) is 0 Å². The van der Waals surface area contributed by atoms with Crippen molar-refractivity contribution in [2.75, 3.05) is 0 Å². The Morgan fingerprint density at radius 3 is 2.36 bits per heavy atom. The van der Waals surface area contributed by atoms with Gasteiger partial charge < -0.3 is 0 Å². The van der Waals surface area contributed by atoms with Crippen molar-refractivity contribution in [2.24, 2.45) is 17.8 Å². The van der Waals surface area contributed by atoms with E-state index in [9.17, 15) is 4.79 Å². The van der Waals surface area contributed by atoms with Crippen LogP contribution in [0.5, 0.6) is 0 Å². The average Bonchev–Trinajstić information content (AvgIpc) is 2.20. The summed E-state index contributed by atoms with van der Waals surface area (Å²) in [4.78, 5) is 11.8. The lowest BCUT2D eigenvalue weighted by atomic mass is 9.71. The molecule has 1 nitrogen and oxygen atoms in total. The third-order valence-corrected chi connectivity index (χ3v) is 4.23. The summed E-state index contributed by atoms with van der Waals surface area (Å²) in [6.45, 7) is 2.35. The molecule has 0 saturated heterocycles. The first-order valence-electron chi connectivity index (χ1n) is 6.30. The molecule has 2 fully saturated rings. The van der Waals surface area contributed by atoms with E-state index in [4.69, 9.17) is 0 Å². The van der Waals surface area contributed by atoms with Crippen LogP contribution in [0, 0.1) is 17.8 Å². The highest BCUT2D eigenvalue weighted by atomic mass is 16.1. The van der Waals surface area contributed by atoms with Crippen molar-refractivity contribution >= 4 is 5.78 Å². The molecule has 80 valence electrons. The summed E-state index contributed by atoms with van der Waals surface area (Å²) in [7, 11) is 0. The molecule has 0 radical (unpaired) electrons. The Balaban J connectivity index is 1.90.